The van der Waals surface area contributed by atoms with E-state index in [2.05, 4.69) is 69.6 Å². The summed E-state index contributed by atoms with van der Waals surface area (Å²) in [5.41, 5.74) is 6.14. The van der Waals surface area contributed by atoms with Crippen LogP contribution in [-0.2, 0) is 19.6 Å². The first-order valence-electron chi connectivity index (χ1n) is 12.7. The lowest BCUT2D eigenvalue weighted by atomic mass is 10.0. The number of fused-ring (bicyclic) bond motifs is 1. The van der Waals surface area contributed by atoms with Crippen molar-refractivity contribution >= 4 is 10.9 Å². The van der Waals surface area contributed by atoms with Gasteiger partial charge in [-0.05, 0) is 65.1 Å². The van der Waals surface area contributed by atoms with Crippen LogP contribution < -0.4 is 5.56 Å². The van der Waals surface area contributed by atoms with E-state index >= 15 is 0 Å². The molecule has 0 radical (unpaired) electrons. The van der Waals surface area contributed by atoms with E-state index in [1.54, 1.807) is 0 Å². The van der Waals surface area contributed by atoms with Gasteiger partial charge in [-0.1, -0.05) is 73.7 Å². The number of pyridine rings is 1. The van der Waals surface area contributed by atoms with Crippen molar-refractivity contribution in [3.05, 3.63) is 123 Å². The van der Waals surface area contributed by atoms with Crippen LogP contribution in [0.3, 0.4) is 0 Å². The zero-order valence-electron chi connectivity index (χ0n) is 21.6. The molecule has 1 atom stereocenters. The van der Waals surface area contributed by atoms with Crippen LogP contribution in [0.2, 0.25) is 0 Å². The van der Waals surface area contributed by atoms with Gasteiger partial charge in [0.1, 0.15) is 0 Å². The Morgan fingerprint density at radius 1 is 0.919 bits per heavy atom. The van der Waals surface area contributed by atoms with Gasteiger partial charge in [0.15, 0.2) is 5.82 Å². The monoisotopic (exact) mass is 492 g/mol. The number of hydrogen-bond donors (Lipinski definition) is 1. The van der Waals surface area contributed by atoms with Gasteiger partial charge in [-0.15, -0.1) is 5.10 Å². The topological polar surface area (TPSA) is 79.7 Å². The summed E-state index contributed by atoms with van der Waals surface area (Å²) in [6, 6.07) is 26.7. The number of tetrazole rings is 1. The molecule has 2 aromatic heterocycles. The third-order valence-corrected chi connectivity index (χ3v) is 6.85. The predicted molar refractivity (Wildman–Crippen MR) is 146 cm³/mol. The zero-order chi connectivity index (χ0) is 25.8. The molecule has 5 rings (SSSR count). The molecule has 2 heterocycles. The maximum Gasteiger partial charge on any atom is 0.252 e. The van der Waals surface area contributed by atoms with Gasteiger partial charge in [-0.25, -0.2) is 4.68 Å². The summed E-state index contributed by atoms with van der Waals surface area (Å²) in [6.45, 7) is 8.01. The zero-order valence-corrected chi connectivity index (χ0v) is 21.6. The van der Waals surface area contributed by atoms with E-state index in [1.165, 1.54) is 5.56 Å². The van der Waals surface area contributed by atoms with Crippen molar-refractivity contribution in [2.24, 2.45) is 0 Å². The van der Waals surface area contributed by atoms with Gasteiger partial charge in [-0.3, -0.25) is 9.69 Å². The fraction of sp³-hybridized carbons (Fsp3) is 0.267. The van der Waals surface area contributed by atoms with Crippen LogP contribution in [0.25, 0.3) is 10.9 Å². The molecule has 188 valence electrons. The van der Waals surface area contributed by atoms with Crippen molar-refractivity contribution in [1.82, 2.24) is 30.1 Å². The SMILES string of the molecule is CC[C@H](c1nnnn1Cc1ccccc1)N(Cc1ccccc1)Cc1cc2c(C)cc(C)cc2[nH]c1=O. The number of aromatic nitrogens is 5. The molecular weight excluding hydrogens is 460 g/mol. The number of H-pyrrole nitrogens is 1. The number of benzene rings is 3. The number of nitrogens with one attached hydrogen (secondary N) is 1. The molecule has 0 aliphatic rings. The Kier molecular flexibility index (Phi) is 7.23. The van der Waals surface area contributed by atoms with E-state index in [4.69, 9.17) is 0 Å². The van der Waals surface area contributed by atoms with E-state index in [9.17, 15) is 4.79 Å². The number of nitrogens with zero attached hydrogens (tertiary/aromatic N) is 5. The lowest BCUT2D eigenvalue weighted by molar-refractivity contribution is 0.161. The summed E-state index contributed by atoms with van der Waals surface area (Å²) in [7, 11) is 0. The van der Waals surface area contributed by atoms with Gasteiger partial charge in [0.05, 0.1) is 12.6 Å². The molecule has 0 unspecified atom stereocenters. The van der Waals surface area contributed by atoms with Crippen LogP contribution in [0.1, 0.15) is 53.0 Å². The van der Waals surface area contributed by atoms with Crippen molar-refractivity contribution in [3.8, 4) is 0 Å². The van der Waals surface area contributed by atoms with Gasteiger partial charge in [0.25, 0.3) is 5.56 Å². The molecule has 7 heteroatoms. The normalized spacial score (nSPS) is 12.3. The highest BCUT2D eigenvalue weighted by molar-refractivity contribution is 5.83. The molecular formula is C30H32N6O. The molecule has 0 amide bonds. The van der Waals surface area contributed by atoms with Gasteiger partial charge in [0, 0.05) is 29.6 Å². The second kappa shape index (κ2) is 10.9. The number of hydrogen-bond acceptors (Lipinski definition) is 5. The molecule has 0 saturated carbocycles. The molecule has 0 fully saturated rings. The second-order valence-electron chi connectivity index (χ2n) is 9.66. The van der Waals surface area contributed by atoms with Crippen LogP contribution in [0.15, 0.2) is 83.7 Å². The first kappa shape index (κ1) is 24.6. The minimum absolute atomic E-state index is 0.0608. The van der Waals surface area contributed by atoms with Gasteiger partial charge in [-0.2, -0.15) is 0 Å². The minimum Gasteiger partial charge on any atom is -0.322 e. The Balaban J connectivity index is 1.53. The maximum atomic E-state index is 13.2. The number of aromatic amines is 1. The molecule has 0 bridgehead atoms. The summed E-state index contributed by atoms with van der Waals surface area (Å²) in [5.74, 6) is 0.798. The maximum absolute atomic E-state index is 13.2. The highest BCUT2D eigenvalue weighted by Gasteiger charge is 2.26. The predicted octanol–water partition coefficient (Wildman–Crippen LogP) is 5.33. The molecule has 0 aliphatic carbocycles. The number of aryl methyl sites for hydroxylation is 2. The van der Waals surface area contributed by atoms with Crippen molar-refractivity contribution in [1.29, 1.82) is 0 Å². The Bertz CT molecular complexity index is 1540. The lowest BCUT2D eigenvalue weighted by Gasteiger charge is -2.30. The Hall–Kier alpha value is -4.10. The second-order valence-corrected chi connectivity index (χ2v) is 9.66. The van der Waals surface area contributed by atoms with E-state index in [0.717, 1.165) is 45.4 Å². The number of rotatable bonds is 9. The van der Waals surface area contributed by atoms with Crippen molar-refractivity contribution < 1.29 is 0 Å². The van der Waals surface area contributed by atoms with Gasteiger partial charge < -0.3 is 4.98 Å². The molecule has 0 saturated heterocycles. The summed E-state index contributed by atoms with van der Waals surface area (Å²) in [4.78, 5) is 18.6. The van der Waals surface area contributed by atoms with E-state index in [-0.39, 0.29) is 11.6 Å². The van der Waals surface area contributed by atoms with Crippen LogP contribution in [0, 0.1) is 13.8 Å². The quantitative estimate of drug-likeness (QED) is 0.301. The fourth-order valence-electron chi connectivity index (χ4n) is 5.07. The van der Waals surface area contributed by atoms with Crippen LogP contribution in [-0.4, -0.2) is 30.1 Å². The average Bonchev–Trinajstić information content (AvgIpc) is 3.34. The fourth-order valence-corrected chi connectivity index (χ4v) is 5.07. The highest BCUT2D eigenvalue weighted by Crippen LogP contribution is 2.27. The largest absolute Gasteiger partial charge is 0.322 e. The Morgan fingerprint density at radius 3 is 2.32 bits per heavy atom. The summed E-state index contributed by atoms with van der Waals surface area (Å²) in [6.07, 6.45) is 0.797. The highest BCUT2D eigenvalue weighted by atomic mass is 16.1. The van der Waals surface area contributed by atoms with Gasteiger partial charge in [0.2, 0.25) is 0 Å². The van der Waals surface area contributed by atoms with Crippen LogP contribution >= 0.6 is 0 Å². The van der Waals surface area contributed by atoms with Crippen LogP contribution in [0.4, 0.5) is 0 Å². The molecule has 1 N–H and O–H groups in total. The minimum atomic E-state index is -0.0758. The molecule has 7 nitrogen and oxygen atoms in total. The van der Waals surface area contributed by atoms with E-state index < -0.39 is 0 Å². The summed E-state index contributed by atoms with van der Waals surface area (Å²) >= 11 is 0. The Labute approximate surface area is 216 Å². The van der Waals surface area contributed by atoms with E-state index in [0.29, 0.717) is 19.6 Å². The summed E-state index contributed by atoms with van der Waals surface area (Å²) < 4.78 is 1.87. The third kappa shape index (κ3) is 5.52. The third-order valence-electron chi connectivity index (χ3n) is 6.85. The molecule has 0 spiro atoms. The molecule has 0 aliphatic heterocycles. The Morgan fingerprint density at radius 2 is 1.62 bits per heavy atom. The van der Waals surface area contributed by atoms with Crippen LogP contribution in [0.5, 0.6) is 0 Å². The first-order valence-corrected chi connectivity index (χ1v) is 12.7. The molecule has 3 aromatic carbocycles. The van der Waals surface area contributed by atoms with Crippen molar-refractivity contribution in [2.45, 2.75) is 52.9 Å². The average molecular weight is 493 g/mol. The van der Waals surface area contributed by atoms with Gasteiger partial charge >= 0.3 is 0 Å². The van der Waals surface area contributed by atoms with Crippen molar-refractivity contribution in [3.63, 3.8) is 0 Å². The molecule has 37 heavy (non-hydrogen) atoms. The standard InChI is InChI=1S/C30H32N6O/c1-4-28(29-32-33-34-36(29)19-24-13-9-6-10-14-24)35(18-23-11-7-5-8-12-23)20-25-17-26-22(3)15-21(2)16-27(26)31-30(25)37/h5-17,28H,4,18-20H2,1-3H3,(H,31,37)/t28-/m1/s1. The van der Waals surface area contributed by atoms with E-state index in [1.807, 2.05) is 60.1 Å². The smallest absolute Gasteiger partial charge is 0.252 e. The first-order chi connectivity index (χ1) is 18.0. The van der Waals surface area contributed by atoms with Crippen molar-refractivity contribution in [2.75, 3.05) is 0 Å². The summed E-state index contributed by atoms with van der Waals surface area (Å²) in [5, 5.41) is 13.9. The lowest BCUT2D eigenvalue weighted by Crippen LogP contribution is -2.32. The molecule has 5 aromatic rings.